The Bertz CT molecular complexity index is 796. The molecule has 1 aliphatic heterocycles. The number of carbonyl (C=O) groups is 2. The molecule has 0 saturated carbocycles. The lowest BCUT2D eigenvalue weighted by atomic mass is 9.93. The van der Waals surface area contributed by atoms with Crippen molar-refractivity contribution in [2.24, 2.45) is 5.92 Å². The summed E-state index contributed by atoms with van der Waals surface area (Å²) < 4.78 is 27.8. The Balaban J connectivity index is 1.67. The van der Waals surface area contributed by atoms with Crippen LogP contribution >= 0.6 is 11.3 Å². The average Bonchev–Trinajstić information content (AvgIpc) is 3.11. The van der Waals surface area contributed by atoms with Gasteiger partial charge in [0.25, 0.3) is 5.91 Å². The van der Waals surface area contributed by atoms with E-state index in [1.807, 2.05) is 0 Å². The molecule has 0 bridgehead atoms. The Morgan fingerprint density at radius 3 is 2.54 bits per heavy atom. The fourth-order valence-corrected chi connectivity index (χ4v) is 3.90. The molecule has 2 amide bonds. The van der Waals surface area contributed by atoms with E-state index in [-0.39, 0.29) is 34.0 Å². The van der Waals surface area contributed by atoms with E-state index in [2.05, 4.69) is 10.3 Å². The Labute approximate surface area is 154 Å². The molecule has 0 radical (unpaired) electrons. The molecule has 0 atom stereocenters. The van der Waals surface area contributed by atoms with Gasteiger partial charge in [-0.2, -0.15) is 0 Å². The molecular weight excluding hydrogens is 360 g/mol. The third kappa shape index (κ3) is 3.90. The van der Waals surface area contributed by atoms with E-state index >= 15 is 0 Å². The zero-order valence-electron chi connectivity index (χ0n) is 14.3. The van der Waals surface area contributed by atoms with Crippen molar-refractivity contribution < 1.29 is 18.4 Å². The second kappa shape index (κ2) is 7.90. The van der Waals surface area contributed by atoms with Gasteiger partial charge < -0.3 is 10.2 Å². The Morgan fingerprint density at radius 2 is 1.92 bits per heavy atom. The van der Waals surface area contributed by atoms with Gasteiger partial charge in [-0.15, -0.1) is 11.3 Å². The molecule has 1 aromatic carbocycles. The third-order valence-electron chi connectivity index (χ3n) is 4.55. The standard InChI is InChI=1S/C18H19F2N3O2S/c1-21-15(24)9-11-5-7-23(8-6-11)18(25)14-10-26-17(22-14)16-12(19)3-2-4-13(16)20/h2-4,10-11H,5-9H2,1H3,(H,21,24). The highest BCUT2D eigenvalue weighted by molar-refractivity contribution is 7.13. The molecule has 1 aromatic heterocycles. The van der Waals surface area contributed by atoms with E-state index in [0.29, 0.717) is 19.5 Å². The first-order chi connectivity index (χ1) is 12.5. The number of thiazole rings is 1. The summed E-state index contributed by atoms with van der Waals surface area (Å²) in [4.78, 5) is 29.9. The van der Waals surface area contributed by atoms with Crippen LogP contribution < -0.4 is 5.32 Å². The Kier molecular flexibility index (Phi) is 5.61. The van der Waals surface area contributed by atoms with Crippen LogP contribution in [0.3, 0.4) is 0 Å². The zero-order valence-corrected chi connectivity index (χ0v) is 15.1. The quantitative estimate of drug-likeness (QED) is 0.888. The lowest BCUT2D eigenvalue weighted by Crippen LogP contribution is -2.39. The maximum Gasteiger partial charge on any atom is 0.273 e. The molecule has 2 aromatic rings. The number of hydrogen-bond acceptors (Lipinski definition) is 4. The van der Waals surface area contributed by atoms with Gasteiger partial charge in [-0.3, -0.25) is 9.59 Å². The number of nitrogens with zero attached hydrogens (tertiary/aromatic N) is 2. The fraction of sp³-hybridized carbons (Fsp3) is 0.389. The van der Waals surface area contributed by atoms with E-state index in [9.17, 15) is 18.4 Å². The zero-order chi connectivity index (χ0) is 18.7. The second-order valence-electron chi connectivity index (χ2n) is 6.25. The van der Waals surface area contributed by atoms with Crippen LogP contribution in [0.5, 0.6) is 0 Å². The van der Waals surface area contributed by atoms with Gasteiger partial charge in [0.05, 0.1) is 5.56 Å². The van der Waals surface area contributed by atoms with E-state index in [1.54, 1.807) is 11.9 Å². The van der Waals surface area contributed by atoms with Crippen LogP contribution in [0.2, 0.25) is 0 Å². The lowest BCUT2D eigenvalue weighted by molar-refractivity contribution is -0.121. The fourth-order valence-electron chi connectivity index (χ4n) is 3.06. The molecule has 0 aliphatic carbocycles. The summed E-state index contributed by atoms with van der Waals surface area (Å²) in [6, 6.07) is 3.62. The monoisotopic (exact) mass is 379 g/mol. The van der Waals surface area contributed by atoms with Gasteiger partial charge in [0.1, 0.15) is 22.3 Å². The number of aromatic nitrogens is 1. The van der Waals surface area contributed by atoms with Crippen LogP contribution in [-0.4, -0.2) is 41.8 Å². The molecule has 0 unspecified atom stereocenters. The van der Waals surface area contributed by atoms with E-state index < -0.39 is 11.6 Å². The Morgan fingerprint density at radius 1 is 1.27 bits per heavy atom. The van der Waals surface area contributed by atoms with Crippen LogP contribution in [0.4, 0.5) is 8.78 Å². The van der Waals surface area contributed by atoms with Crippen molar-refractivity contribution in [1.82, 2.24) is 15.2 Å². The van der Waals surface area contributed by atoms with Crippen molar-refractivity contribution in [3.63, 3.8) is 0 Å². The highest BCUT2D eigenvalue weighted by Crippen LogP contribution is 2.30. The third-order valence-corrected chi connectivity index (χ3v) is 5.41. The van der Waals surface area contributed by atoms with Gasteiger partial charge >= 0.3 is 0 Å². The largest absolute Gasteiger partial charge is 0.359 e. The number of amides is 2. The average molecular weight is 379 g/mol. The minimum atomic E-state index is -0.701. The minimum absolute atomic E-state index is 0.00540. The van der Waals surface area contributed by atoms with Crippen LogP contribution in [0.25, 0.3) is 10.6 Å². The predicted molar refractivity (Wildman–Crippen MR) is 94.8 cm³/mol. The molecule has 138 valence electrons. The van der Waals surface area contributed by atoms with Gasteiger partial charge in [0.15, 0.2) is 0 Å². The predicted octanol–water partition coefficient (Wildman–Crippen LogP) is 3.08. The molecular formula is C18H19F2N3O2S. The number of hydrogen-bond donors (Lipinski definition) is 1. The maximum atomic E-state index is 13.9. The SMILES string of the molecule is CNC(=O)CC1CCN(C(=O)c2csc(-c3c(F)cccc3F)n2)CC1. The Hall–Kier alpha value is -2.35. The summed E-state index contributed by atoms with van der Waals surface area (Å²) >= 11 is 1.04. The summed E-state index contributed by atoms with van der Waals surface area (Å²) in [5.41, 5.74) is -0.0155. The molecule has 0 spiro atoms. The number of nitrogens with one attached hydrogen (secondary N) is 1. The first-order valence-corrected chi connectivity index (χ1v) is 9.27. The first kappa shape index (κ1) is 18.4. The van der Waals surface area contributed by atoms with Gasteiger partial charge in [-0.05, 0) is 30.9 Å². The van der Waals surface area contributed by atoms with Gasteiger partial charge in [0.2, 0.25) is 5.91 Å². The lowest BCUT2D eigenvalue weighted by Gasteiger charge is -2.31. The second-order valence-corrected chi connectivity index (χ2v) is 7.11. The van der Waals surface area contributed by atoms with Gasteiger partial charge in [-0.25, -0.2) is 13.8 Å². The molecule has 8 heteroatoms. The summed E-state index contributed by atoms with van der Waals surface area (Å²) in [5.74, 6) is -1.38. The number of halogens is 2. The summed E-state index contributed by atoms with van der Waals surface area (Å²) in [6.45, 7) is 1.09. The summed E-state index contributed by atoms with van der Waals surface area (Å²) in [5, 5.41) is 4.29. The topological polar surface area (TPSA) is 62.3 Å². The summed E-state index contributed by atoms with van der Waals surface area (Å²) in [6.07, 6.45) is 1.96. The number of likely N-dealkylation sites (tertiary alicyclic amines) is 1. The summed E-state index contributed by atoms with van der Waals surface area (Å²) in [7, 11) is 1.61. The van der Waals surface area contributed by atoms with Crippen LogP contribution in [0, 0.1) is 17.6 Å². The van der Waals surface area contributed by atoms with Crippen LogP contribution in [-0.2, 0) is 4.79 Å². The van der Waals surface area contributed by atoms with Crippen molar-refractivity contribution in [2.45, 2.75) is 19.3 Å². The van der Waals surface area contributed by atoms with Crippen LogP contribution in [0.1, 0.15) is 29.8 Å². The maximum absolute atomic E-state index is 13.9. The molecule has 1 N–H and O–H groups in total. The number of rotatable bonds is 4. The highest BCUT2D eigenvalue weighted by Gasteiger charge is 2.26. The van der Waals surface area contributed by atoms with Gasteiger partial charge in [0, 0.05) is 31.9 Å². The highest BCUT2D eigenvalue weighted by atomic mass is 32.1. The first-order valence-electron chi connectivity index (χ1n) is 8.39. The molecule has 3 rings (SSSR count). The van der Waals surface area contributed by atoms with E-state index in [0.717, 1.165) is 24.2 Å². The molecule has 5 nitrogen and oxygen atoms in total. The van der Waals surface area contributed by atoms with Crippen molar-refractivity contribution in [2.75, 3.05) is 20.1 Å². The molecule has 2 heterocycles. The molecule has 26 heavy (non-hydrogen) atoms. The normalized spacial score (nSPS) is 15.1. The number of carbonyl (C=O) groups excluding carboxylic acids is 2. The van der Waals surface area contributed by atoms with Gasteiger partial charge in [-0.1, -0.05) is 6.07 Å². The minimum Gasteiger partial charge on any atom is -0.359 e. The molecule has 1 aliphatic rings. The van der Waals surface area contributed by atoms with E-state index in [4.69, 9.17) is 0 Å². The van der Waals surface area contributed by atoms with Crippen molar-refractivity contribution >= 4 is 23.2 Å². The van der Waals surface area contributed by atoms with Crippen molar-refractivity contribution in [1.29, 1.82) is 0 Å². The molecule has 1 saturated heterocycles. The van der Waals surface area contributed by atoms with E-state index in [1.165, 1.54) is 23.6 Å². The van der Waals surface area contributed by atoms with Crippen LogP contribution in [0.15, 0.2) is 23.6 Å². The number of piperidine rings is 1. The molecule has 1 fully saturated rings. The number of benzene rings is 1. The smallest absolute Gasteiger partial charge is 0.273 e. The van der Waals surface area contributed by atoms with Crippen molar-refractivity contribution in [3.8, 4) is 10.6 Å². The van der Waals surface area contributed by atoms with Crippen molar-refractivity contribution in [3.05, 3.63) is 40.9 Å².